The molecule has 0 saturated heterocycles. The number of benzene rings is 1. The van der Waals surface area contributed by atoms with E-state index < -0.39 is 12.5 Å². The van der Waals surface area contributed by atoms with E-state index in [0.717, 1.165) is 16.7 Å². The maximum atomic E-state index is 11.1. The lowest BCUT2D eigenvalue weighted by Gasteiger charge is -2.08. The van der Waals surface area contributed by atoms with E-state index in [1.54, 1.807) is 17.4 Å². The fraction of sp³-hybridized carbons (Fsp3) is 0.154. The first-order valence-corrected chi connectivity index (χ1v) is 7.32. The number of thiophene rings is 1. The molecule has 2 rings (SSSR count). The summed E-state index contributed by atoms with van der Waals surface area (Å²) < 4.78 is 1.08. The second-order valence-corrected chi connectivity index (χ2v) is 5.78. The smallest absolute Gasteiger partial charge is 0.250 e. The molecule has 19 heavy (non-hydrogen) atoms. The van der Waals surface area contributed by atoms with Crippen LogP contribution < -0.4 is 10.6 Å². The van der Waals surface area contributed by atoms with Gasteiger partial charge in [0, 0.05) is 32.6 Å². The van der Waals surface area contributed by atoms with Crippen LogP contribution in [0.3, 0.4) is 0 Å². The molecule has 0 aliphatic rings. The summed E-state index contributed by atoms with van der Waals surface area (Å²) in [7, 11) is 0. The summed E-state index contributed by atoms with van der Waals surface area (Å²) in [6.07, 6.45) is 0. The van der Waals surface area contributed by atoms with Gasteiger partial charge in [0.05, 0.1) is 0 Å². The molecule has 6 heteroatoms. The Hall–Kier alpha value is -1.37. The molecule has 0 saturated carbocycles. The summed E-state index contributed by atoms with van der Waals surface area (Å²) >= 11 is 5.09. The Balaban J connectivity index is 1.97. The van der Waals surface area contributed by atoms with Gasteiger partial charge in [-0.3, -0.25) is 4.79 Å². The Labute approximate surface area is 123 Å². The topological polar surface area (TPSA) is 61.4 Å². The Kier molecular flexibility index (Phi) is 4.95. The number of halogens is 1. The standard InChI is InChI=1S/C13H13BrN2O2S/c14-9-4-12(19-8-9)6-15-10-2-1-3-11(5-10)16-13(18)7-17/h1-5,8,15,17H,6-7H2,(H,16,18). The van der Waals surface area contributed by atoms with Gasteiger partial charge in [-0.1, -0.05) is 6.07 Å². The molecule has 3 N–H and O–H groups in total. The molecular formula is C13H13BrN2O2S. The van der Waals surface area contributed by atoms with Crippen LogP contribution in [0.4, 0.5) is 11.4 Å². The van der Waals surface area contributed by atoms with E-state index in [1.165, 1.54) is 4.88 Å². The number of aliphatic hydroxyl groups is 1. The van der Waals surface area contributed by atoms with E-state index in [9.17, 15) is 4.79 Å². The number of nitrogens with one attached hydrogen (secondary N) is 2. The summed E-state index contributed by atoms with van der Waals surface area (Å²) in [6, 6.07) is 9.45. The van der Waals surface area contributed by atoms with Gasteiger partial charge in [0.15, 0.2) is 0 Å². The first-order valence-electron chi connectivity index (χ1n) is 5.65. The quantitative estimate of drug-likeness (QED) is 0.783. The van der Waals surface area contributed by atoms with E-state index >= 15 is 0 Å². The van der Waals surface area contributed by atoms with E-state index in [0.29, 0.717) is 5.69 Å². The highest BCUT2D eigenvalue weighted by molar-refractivity contribution is 9.10. The SMILES string of the molecule is O=C(CO)Nc1cccc(NCc2cc(Br)cs2)c1. The van der Waals surface area contributed by atoms with Crippen LogP contribution in [0.5, 0.6) is 0 Å². The lowest BCUT2D eigenvalue weighted by molar-refractivity contribution is -0.118. The largest absolute Gasteiger partial charge is 0.387 e. The van der Waals surface area contributed by atoms with Crippen molar-refractivity contribution in [1.82, 2.24) is 0 Å². The second-order valence-electron chi connectivity index (χ2n) is 3.87. The average molecular weight is 341 g/mol. The van der Waals surface area contributed by atoms with Crippen molar-refractivity contribution >= 4 is 44.5 Å². The molecule has 100 valence electrons. The predicted octanol–water partition coefficient (Wildman–Crippen LogP) is 3.05. The Morgan fingerprint density at radius 2 is 2.11 bits per heavy atom. The van der Waals surface area contributed by atoms with Crippen LogP contribution in [0.1, 0.15) is 4.88 Å². The number of rotatable bonds is 5. The molecule has 0 spiro atoms. The molecule has 0 atom stereocenters. The van der Waals surface area contributed by atoms with Gasteiger partial charge < -0.3 is 15.7 Å². The third-order valence-corrected chi connectivity index (χ3v) is 4.08. The molecular weight excluding hydrogens is 328 g/mol. The van der Waals surface area contributed by atoms with Gasteiger partial charge in [0.1, 0.15) is 6.61 Å². The molecule has 1 aromatic heterocycles. The fourth-order valence-corrected chi connectivity index (χ4v) is 2.93. The van der Waals surface area contributed by atoms with E-state index in [4.69, 9.17) is 5.11 Å². The number of aliphatic hydroxyl groups excluding tert-OH is 1. The first kappa shape index (κ1) is 14.0. The zero-order chi connectivity index (χ0) is 13.7. The highest BCUT2D eigenvalue weighted by Crippen LogP contribution is 2.21. The summed E-state index contributed by atoms with van der Waals surface area (Å²) in [4.78, 5) is 12.3. The Morgan fingerprint density at radius 1 is 1.32 bits per heavy atom. The van der Waals surface area contributed by atoms with Gasteiger partial charge in [-0.25, -0.2) is 0 Å². The molecule has 1 amide bonds. The van der Waals surface area contributed by atoms with Crippen molar-refractivity contribution in [2.24, 2.45) is 0 Å². The molecule has 0 fully saturated rings. The third-order valence-electron chi connectivity index (χ3n) is 2.38. The maximum absolute atomic E-state index is 11.1. The predicted molar refractivity (Wildman–Crippen MR) is 81.5 cm³/mol. The molecule has 1 heterocycles. The zero-order valence-electron chi connectivity index (χ0n) is 10.0. The average Bonchev–Trinajstić information content (AvgIpc) is 2.82. The van der Waals surface area contributed by atoms with E-state index in [-0.39, 0.29) is 0 Å². The van der Waals surface area contributed by atoms with Crippen LogP contribution in [0.2, 0.25) is 0 Å². The van der Waals surface area contributed by atoms with E-state index in [1.807, 2.05) is 23.6 Å². The third kappa shape index (κ3) is 4.34. The highest BCUT2D eigenvalue weighted by Gasteiger charge is 2.01. The lowest BCUT2D eigenvalue weighted by atomic mass is 10.2. The lowest BCUT2D eigenvalue weighted by Crippen LogP contribution is -2.15. The number of carbonyl (C=O) groups excluding carboxylic acids is 1. The molecule has 1 aromatic carbocycles. The van der Waals surface area contributed by atoms with Crippen LogP contribution in [0.15, 0.2) is 40.2 Å². The van der Waals surface area contributed by atoms with Crippen LogP contribution in [0, 0.1) is 0 Å². The van der Waals surface area contributed by atoms with Crippen LogP contribution in [0.25, 0.3) is 0 Å². The van der Waals surface area contributed by atoms with E-state index in [2.05, 4.69) is 32.6 Å². The fourth-order valence-electron chi connectivity index (χ4n) is 1.54. The number of amides is 1. The zero-order valence-corrected chi connectivity index (χ0v) is 12.4. The van der Waals surface area contributed by atoms with Gasteiger partial charge in [0.2, 0.25) is 5.91 Å². The van der Waals surface area contributed by atoms with Crippen molar-refractivity contribution < 1.29 is 9.90 Å². The number of hydrogen-bond acceptors (Lipinski definition) is 4. The highest BCUT2D eigenvalue weighted by atomic mass is 79.9. The van der Waals surface area contributed by atoms with Crippen molar-refractivity contribution in [1.29, 1.82) is 0 Å². The van der Waals surface area contributed by atoms with Gasteiger partial charge in [-0.05, 0) is 40.2 Å². The Bertz CT molecular complexity index is 571. The molecule has 2 aromatic rings. The monoisotopic (exact) mass is 340 g/mol. The molecule has 0 unspecified atom stereocenters. The Morgan fingerprint density at radius 3 is 2.79 bits per heavy atom. The second kappa shape index (κ2) is 6.70. The van der Waals surface area contributed by atoms with Crippen LogP contribution >= 0.6 is 27.3 Å². The minimum Gasteiger partial charge on any atom is -0.387 e. The molecule has 0 aliphatic heterocycles. The summed E-state index contributed by atoms with van der Waals surface area (Å²) in [5.74, 6) is -0.417. The van der Waals surface area contributed by atoms with Gasteiger partial charge in [-0.2, -0.15) is 0 Å². The normalized spacial score (nSPS) is 10.2. The van der Waals surface area contributed by atoms with Crippen molar-refractivity contribution in [3.8, 4) is 0 Å². The maximum Gasteiger partial charge on any atom is 0.250 e. The molecule has 0 aliphatic carbocycles. The molecule has 0 bridgehead atoms. The van der Waals surface area contributed by atoms with Crippen molar-refractivity contribution in [2.45, 2.75) is 6.54 Å². The number of hydrogen-bond donors (Lipinski definition) is 3. The first-order chi connectivity index (χ1) is 9.17. The molecule has 0 radical (unpaired) electrons. The number of carbonyl (C=O) groups is 1. The summed E-state index contributed by atoms with van der Waals surface area (Å²) in [5, 5.41) is 16.6. The summed E-state index contributed by atoms with van der Waals surface area (Å²) in [5.41, 5.74) is 1.58. The minimum absolute atomic E-state index is 0.417. The van der Waals surface area contributed by atoms with Crippen molar-refractivity contribution in [3.63, 3.8) is 0 Å². The summed E-state index contributed by atoms with van der Waals surface area (Å²) in [6.45, 7) is 0.217. The van der Waals surface area contributed by atoms with Crippen LogP contribution in [-0.4, -0.2) is 17.6 Å². The minimum atomic E-state index is -0.513. The van der Waals surface area contributed by atoms with Gasteiger partial charge in [-0.15, -0.1) is 11.3 Å². The molecule has 4 nitrogen and oxygen atoms in total. The van der Waals surface area contributed by atoms with Gasteiger partial charge >= 0.3 is 0 Å². The number of anilines is 2. The van der Waals surface area contributed by atoms with Gasteiger partial charge in [0.25, 0.3) is 0 Å². The van der Waals surface area contributed by atoms with Crippen molar-refractivity contribution in [3.05, 3.63) is 45.1 Å². The van der Waals surface area contributed by atoms with Crippen LogP contribution in [-0.2, 0) is 11.3 Å². The van der Waals surface area contributed by atoms with Crippen molar-refractivity contribution in [2.75, 3.05) is 17.2 Å².